The number of azo groups is 1. The van der Waals surface area contributed by atoms with E-state index in [4.69, 9.17) is 9.47 Å². The molecule has 0 aliphatic heterocycles. The summed E-state index contributed by atoms with van der Waals surface area (Å²) >= 11 is 0. The van der Waals surface area contributed by atoms with E-state index in [0.29, 0.717) is 23.3 Å². The van der Waals surface area contributed by atoms with Crippen LogP contribution < -0.4 is 4.74 Å². The van der Waals surface area contributed by atoms with Gasteiger partial charge in [-0.25, -0.2) is 4.79 Å². The number of fused-ring (bicyclic) bond motifs is 5. The molecule has 6 heteroatoms. The van der Waals surface area contributed by atoms with Crippen molar-refractivity contribution in [3.8, 4) is 5.75 Å². The molecule has 3 saturated carbocycles. The normalized spacial score (nSPS) is 30.4. The minimum atomic E-state index is -0.239. The molecule has 0 unspecified atom stereocenters. The fourth-order valence-electron chi connectivity index (χ4n) is 11.2. The lowest BCUT2D eigenvalue weighted by Gasteiger charge is -2.58. The number of hydrogen-bond acceptors (Lipinski definition) is 5. The van der Waals surface area contributed by atoms with Crippen LogP contribution in [0.2, 0.25) is 0 Å². The highest BCUT2D eigenvalue weighted by molar-refractivity contribution is 5.89. The maximum atomic E-state index is 13.3. The average Bonchev–Trinajstić information content (AvgIpc) is 3.48. The van der Waals surface area contributed by atoms with Crippen LogP contribution in [0.1, 0.15) is 128 Å². The van der Waals surface area contributed by atoms with Crippen LogP contribution in [0, 0.1) is 46.3 Å². The first-order chi connectivity index (χ1) is 25.2. The van der Waals surface area contributed by atoms with Gasteiger partial charge in [-0.1, -0.05) is 65.5 Å². The minimum absolute atomic E-state index is 0.0520. The molecule has 6 nitrogen and oxygen atoms in total. The molecule has 0 spiro atoms. The lowest BCUT2D eigenvalue weighted by molar-refractivity contribution is -0.870. The molecule has 0 heterocycles. The van der Waals surface area contributed by atoms with Crippen molar-refractivity contribution in [2.45, 2.75) is 124 Å². The summed E-state index contributed by atoms with van der Waals surface area (Å²) in [6, 6.07) is 15.0. The molecule has 2 aromatic carbocycles. The van der Waals surface area contributed by atoms with Crippen LogP contribution in [0.4, 0.5) is 11.4 Å². The van der Waals surface area contributed by atoms with E-state index in [0.717, 1.165) is 90.1 Å². The molecule has 4 aliphatic rings. The zero-order valence-corrected chi connectivity index (χ0v) is 34.4. The molecule has 2 aromatic rings. The Morgan fingerprint density at radius 3 is 2.21 bits per heavy atom. The topological polar surface area (TPSA) is 60.2 Å². The zero-order chi connectivity index (χ0) is 37.8. The number of nitrogens with zero attached hydrogens (tertiary/aromatic N) is 3. The second kappa shape index (κ2) is 16.8. The second-order valence-electron chi connectivity index (χ2n) is 19.4. The molecular formula is C47H70N3O3+. The Hall–Kier alpha value is -2.99. The Labute approximate surface area is 321 Å². The number of quaternary nitrogens is 1. The Kier molecular flexibility index (Phi) is 12.6. The molecule has 0 radical (unpaired) electrons. The number of unbranched alkanes of at least 4 members (excludes halogenated alkanes) is 1. The van der Waals surface area contributed by atoms with Crippen LogP contribution >= 0.6 is 0 Å². The zero-order valence-electron chi connectivity index (χ0n) is 34.4. The van der Waals surface area contributed by atoms with Gasteiger partial charge < -0.3 is 14.0 Å². The van der Waals surface area contributed by atoms with Crippen molar-refractivity contribution in [2.24, 2.45) is 56.6 Å². The molecule has 8 atom stereocenters. The van der Waals surface area contributed by atoms with E-state index in [1.165, 1.54) is 51.4 Å². The van der Waals surface area contributed by atoms with E-state index in [9.17, 15) is 4.79 Å². The molecule has 53 heavy (non-hydrogen) atoms. The lowest BCUT2D eigenvalue weighted by atomic mass is 9.47. The summed E-state index contributed by atoms with van der Waals surface area (Å²) in [5.41, 5.74) is 4.35. The summed E-state index contributed by atoms with van der Waals surface area (Å²) in [7, 11) is 6.64. The van der Waals surface area contributed by atoms with Gasteiger partial charge in [0.25, 0.3) is 0 Å². The van der Waals surface area contributed by atoms with E-state index in [1.807, 2.05) is 48.5 Å². The second-order valence-corrected chi connectivity index (χ2v) is 19.4. The number of ether oxygens (including phenoxy) is 2. The third-order valence-corrected chi connectivity index (χ3v) is 14.2. The summed E-state index contributed by atoms with van der Waals surface area (Å²) in [5.74, 6) is 5.61. The van der Waals surface area contributed by atoms with Gasteiger partial charge in [-0.3, -0.25) is 0 Å². The van der Waals surface area contributed by atoms with Crippen molar-refractivity contribution in [2.75, 3.05) is 34.3 Å². The van der Waals surface area contributed by atoms with Gasteiger partial charge in [-0.05, 0) is 153 Å². The number of benzene rings is 2. The van der Waals surface area contributed by atoms with Crippen molar-refractivity contribution in [1.29, 1.82) is 0 Å². The predicted octanol–water partition coefficient (Wildman–Crippen LogP) is 12.5. The Morgan fingerprint density at radius 2 is 1.53 bits per heavy atom. The average molecular weight is 725 g/mol. The quantitative estimate of drug-likeness (QED) is 0.0604. The van der Waals surface area contributed by atoms with Crippen molar-refractivity contribution in [1.82, 2.24) is 0 Å². The van der Waals surface area contributed by atoms with Crippen molar-refractivity contribution < 1.29 is 18.8 Å². The highest BCUT2D eigenvalue weighted by atomic mass is 16.5. The molecule has 290 valence electrons. The Bertz CT molecular complexity index is 1570. The van der Waals surface area contributed by atoms with Gasteiger partial charge in [0.2, 0.25) is 0 Å². The van der Waals surface area contributed by atoms with Gasteiger partial charge in [-0.15, -0.1) is 0 Å². The van der Waals surface area contributed by atoms with Crippen molar-refractivity contribution in [3.05, 3.63) is 65.7 Å². The van der Waals surface area contributed by atoms with E-state index >= 15 is 0 Å². The maximum Gasteiger partial charge on any atom is 0.338 e. The van der Waals surface area contributed by atoms with Crippen molar-refractivity contribution >= 4 is 17.3 Å². The third kappa shape index (κ3) is 9.46. The number of esters is 1. The fourth-order valence-corrected chi connectivity index (χ4v) is 11.2. The number of allylic oxidation sites excluding steroid dienone is 1. The number of rotatable bonds is 15. The van der Waals surface area contributed by atoms with Crippen LogP contribution in [-0.4, -0.2) is 50.9 Å². The van der Waals surface area contributed by atoms with Gasteiger partial charge >= 0.3 is 5.97 Å². The van der Waals surface area contributed by atoms with Gasteiger partial charge in [0, 0.05) is 6.42 Å². The van der Waals surface area contributed by atoms with Crippen LogP contribution in [0.25, 0.3) is 0 Å². The van der Waals surface area contributed by atoms with Crippen molar-refractivity contribution in [3.63, 3.8) is 0 Å². The third-order valence-electron chi connectivity index (χ3n) is 14.2. The number of carbonyl (C=O) groups is 1. The monoisotopic (exact) mass is 725 g/mol. The smallest absolute Gasteiger partial charge is 0.338 e. The van der Waals surface area contributed by atoms with Crippen LogP contribution in [-0.2, 0) is 4.74 Å². The molecule has 6 rings (SSSR count). The van der Waals surface area contributed by atoms with Gasteiger partial charge in [0.15, 0.2) is 0 Å². The molecule has 3 fully saturated rings. The Morgan fingerprint density at radius 1 is 0.830 bits per heavy atom. The first-order valence-corrected chi connectivity index (χ1v) is 21.2. The molecule has 0 aromatic heterocycles. The van der Waals surface area contributed by atoms with E-state index in [2.05, 4.69) is 72.1 Å². The molecule has 4 aliphatic carbocycles. The first kappa shape index (κ1) is 39.7. The summed E-state index contributed by atoms with van der Waals surface area (Å²) in [5, 5.41) is 8.78. The Balaban J connectivity index is 0.982. The highest BCUT2D eigenvalue weighted by Gasteiger charge is 2.59. The van der Waals surface area contributed by atoms with Gasteiger partial charge in [-0.2, -0.15) is 10.2 Å². The largest absolute Gasteiger partial charge is 0.494 e. The summed E-state index contributed by atoms with van der Waals surface area (Å²) in [4.78, 5) is 13.3. The van der Waals surface area contributed by atoms with Crippen LogP contribution in [0.3, 0.4) is 0 Å². The summed E-state index contributed by atoms with van der Waals surface area (Å²) < 4.78 is 13.0. The highest BCUT2D eigenvalue weighted by Crippen LogP contribution is 2.67. The molecule has 0 amide bonds. The van der Waals surface area contributed by atoms with Crippen LogP contribution in [0.5, 0.6) is 5.75 Å². The number of hydrogen-bond donors (Lipinski definition) is 0. The van der Waals surface area contributed by atoms with E-state index in [-0.39, 0.29) is 17.5 Å². The van der Waals surface area contributed by atoms with E-state index in [1.54, 1.807) is 5.57 Å². The number of carbonyl (C=O) groups excluding carboxylic acids is 1. The lowest BCUT2D eigenvalue weighted by Crippen LogP contribution is -2.51. The summed E-state index contributed by atoms with van der Waals surface area (Å²) in [6.45, 7) is 14.4. The molecule has 0 bridgehead atoms. The standard InChI is InChI=1S/C47H70N3O3/c1-33(2)12-11-13-34(3)42-24-25-43-41-23-16-36-32-40(26-28-46(36,4)44(41)27-29-47(42,43)5)53-45(51)35-14-17-37(18-15-35)48-49-38-19-21-39(22-20-38)52-31-10-9-30-50(6,7)8/h14-22,33-34,40-44H,9-13,23-32H2,1-8H3/q+1/t34-,40-,41+,42-,43+,44+,46+,47-/m1/s1. The molecule has 0 N–H and O–H groups in total. The molecule has 0 saturated heterocycles. The van der Waals surface area contributed by atoms with Gasteiger partial charge in [0.05, 0.1) is 51.2 Å². The SMILES string of the molecule is CC(C)CCC[C@@H](C)[C@H]1CC[C@H]2[C@@H]3CC=C4C[C@H](OC(=O)c5ccc(N=Nc6ccc(OCCCC[N+](C)(C)C)cc6)cc5)CC[C@]4(C)[C@H]3CC[C@]12C. The van der Waals surface area contributed by atoms with Crippen LogP contribution in [0.15, 0.2) is 70.4 Å². The summed E-state index contributed by atoms with van der Waals surface area (Å²) in [6.07, 6.45) is 18.7. The maximum absolute atomic E-state index is 13.3. The predicted molar refractivity (Wildman–Crippen MR) is 217 cm³/mol. The van der Waals surface area contributed by atoms with E-state index < -0.39 is 0 Å². The molecular weight excluding hydrogens is 655 g/mol. The first-order valence-electron chi connectivity index (χ1n) is 21.2. The fraction of sp³-hybridized carbons (Fsp3) is 0.681. The van der Waals surface area contributed by atoms with Gasteiger partial charge in [0.1, 0.15) is 11.9 Å². The minimum Gasteiger partial charge on any atom is -0.494 e.